The molecule has 2 aromatic rings. The van der Waals surface area contributed by atoms with Crippen LogP contribution in [0.15, 0.2) is 36.4 Å². The molecule has 0 bridgehead atoms. The summed E-state index contributed by atoms with van der Waals surface area (Å²) in [7, 11) is 1.25. The van der Waals surface area contributed by atoms with E-state index in [9.17, 15) is 26.7 Å². The number of piperidine rings is 1. The van der Waals surface area contributed by atoms with E-state index >= 15 is 0 Å². The molecule has 0 N–H and O–H groups in total. The number of benzene rings is 2. The summed E-state index contributed by atoms with van der Waals surface area (Å²) >= 11 is 0. The minimum Gasteiger partial charge on any atom is -0.493 e. The molecule has 2 aliphatic heterocycles. The Labute approximate surface area is 192 Å². The highest BCUT2D eigenvalue weighted by Gasteiger charge is 2.52. The van der Waals surface area contributed by atoms with Gasteiger partial charge in [-0.05, 0) is 43.3 Å². The monoisotopic (exact) mass is 487 g/mol. The number of halogens is 5. The van der Waals surface area contributed by atoms with Crippen molar-refractivity contribution < 1.29 is 45.7 Å². The van der Waals surface area contributed by atoms with Crippen molar-refractivity contribution >= 4 is 5.91 Å². The zero-order valence-corrected chi connectivity index (χ0v) is 18.3. The van der Waals surface area contributed by atoms with Crippen LogP contribution in [0.1, 0.15) is 29.3 Å². The van der Waals surface area contributed by atoms with E-state index in [1.165, 1.54) is 30.2 Å². The molecule has 6 nitrogen and oxygen atoms in total. The number of hydrogen-bond donors (Lipinski definition) is 0. The number of likely N-dealkylation sites (tertiary alicyclic amines) is 1. The SMILES string of the molecule is COc1cc(C(=O)N2CC[C@]3(c4cc(F)ccc4F)OCO[C@@H]3C2)ccc1OC(C)C(F)(F)F. The molecule has 1 unspecified atom stereocenters. The third-order valence-electron chi connectivity index (χ3n) is 6.09. The lowest BCUT2D eigenvalue weighted by atomic mass is 9.81. The van der Waals surface area contributed by atoms with Gasteiger partial charge < -0.3 is 23.8 Å². The number of hydrogen-bond acceptors (Lipinski definition) is 5. The Morgan fingerprint density at radius 1 is 1.18 bits per heavy atom. The van der Waals surface area contributed by atoms with Crippen molar-refractivity contribution in [1.29, 1.82) is 0 Å². The largest absolute Gasteiger partial charge is 0.493 e. The summed E-state index contributed by atoms with van der Waals surface area (Å²) in [5, 5.41) is 0. The summed E-state index contributed by atoms with van der Waals surface area (Å²) in [4.78, 5) is 14.6. The number of methoxy groups -OCH3 is 1. The molecule has 1 amide bonds. The Morgan fingerprint density at radius 2 is 1.94 bits per heavy atom. The molecule has 0 saturated carbocycles. The van der Waals surface area contributed by atoms with Crippen molar-refractivity contribution in [3.8, 4) is 11.5 Å². The lowest BCUT2D eigenvalue weighted by molar-refractivity contribution is -0.189. The zero-order chi connectivity index (χ0) is 24.7. The van der Waals surface area contributed by atoms with Crippen LogP contribution >= 0.6 is 0 Å². The van der Waals surface area contributed by atoms with Gasteiger partial charge in [-0.3, -0.25) is 4.79 Å². The number of carbonyl (C=O) groups is 1. The first-order chi connectivity index (χ1) is 16.0. The maximum atomic E-state index is 14.5. The van der Waals surface area contributed by atoms with Gasteiger partial charge in [-0.1, -0.05) is 0 Å². The van der Waals surface area contributed by atoms with Crippen molar-refractivity contribution in [3.63, 3.8) is 0 Å². The molecular formula is C23H22F5NO5. The molecule has 2 heterocycles. The third-order valence-corrected chi connectivity index (χ3v) is 6.09. The number of carbonyl (C=O) groups excluding carboxylic acids is 1. The predicted molar refractivity (Wildman–Crippen MR) is 109 cm³/mol. The van der Waals surface area contributed by atoms with Crippen molar-refractivity contribution in [2.24, 2.45) is 0 Å². The quantitative estimate of drug-likeness (QED) is 0.585. The zero-order valence-electron chi connectivity index (χ0n) is 18.3. The van der Waals surface area contributed by atoms with Crippen molar-refractivity contribution in [3.05, 3.63) is 59.2 Å². The summed E-state index contributed by atoms with van der Waals surface area (Å²) in [5.41, 5.74) is -1.04. The molecule has 0 aliphatic carbocycles. The van der Waals surface area contributed by atoms with Gasteiger partial charge >= 0.3 is 6.18 Å². The average molecular weight is 487 g/mol. The lowest BCUT2D eigenvalue weighted by Gasteiger charge is -2.42. The molecular weight excluding hydrogens is 465 g/mol. The molecule has 4 rings (SSSR count). The second-order valence-electron chi connectivity index (χ2n) is 8.10. The molecule has 0 aromatic heterocycles. The van der Waals surface area contributed by atoms with Gasteiger partial charge in [-0.25, -0.2) is 8.78 Å². The third kappa shape index (κ3) is 4.41. The number of rotatable bonds is 5. The van der Waals surface area contributed by atoms with E-state index in [0.717, 1.165) is 25.1 Å². The highest BCUT2D eigenvalue weighted by molar-refractivity contribution is 5.95. The topological polar surface area (TPSA) is 57.2 Å². The Bertz CT molecular complexity index is 1080. The van der Waals surface area contributed by atoms with Crippen LogP contribution in [0.4, 0.5) is 22.0 Å². The van der Waals surface area contributed by atoms with Crippen LogP contribution in [-0.2, 0) is 15.1 Å². The molecule has 2 aromatic carbocycles. The van der Waals surface area contributed by atoms with E-state index < -0.39 is 41.5 Å². The van der Waals surface area contributed by atoms with Gasteiger partial charge in [0.2, 0.25) is 0 Å². The van der Waals surface area contributed by atoms with Crippen LogP contribution < -0.4 is 9.47 Å². The molecule has 2 fully saturated rings. The molecule has 0 radical (unpaired) electrons. The number of alkyl halides is 3. The summed E-state index contributed by atoms with van der Waals surface area (Å²) in [6, 6.07) is 6.96. The molecule has 2 aliphatic rings. The highest BCUT2D eigenvalue weighted by atomic mass is 19.4. The molecule has 2 saturated heterocycles. The second kappa shape index (κ2) is 9.03. The van der Waals surface area contributed by atoms with Gasteiger partial charge in [-0.2, -0.15) is 13.2 Å². The summed E-state index contributed by atoms with van der Waals surface area (Å²) < 4.78 is 88.2. The van der Waals surface area contributed by atoms with Gasteiger partial charge in [0.1, 0.15) is 30.1 Å². The second-order valence-corrected chi connectivity index (χ2v) is 8.10. The van der Waals surface area contributed by atoms with Crippen molar-refractivity contribution in [2.45, 2.75) is 37.3 Å². The normalized spacial score (nSPS) is 23.4. The summed E-state index contributed by atoms with van der Waals surface area (Å²) in [6.45, 7) is 0.921. The van der Waals surface area contributed by atoms with Gasteiger partial charge in [0.15, 0.2) is 17.6 Å². The van der Waals surface area contributed by atoms with Crippen molar-refractivity contribution in [2.75, 3.05) is 27.0 Å². The van der Waals surface area contributed by atoms with E-state index in [1.54, 1.807) is 0 Å². The minimum absolute atomic E-state index is 0.0315. The lowest BCUT2D eigenvalue weighted by Crippen LogP contribution is -2.53. The first-order valence-electron chi connectivity index (χ1n) is 10.5. The van der Waals surface area contributed by atoms with Gasteiger partial charge in [0.25, 0.3) is 5.91 Å². The van der Waals surface area contributed by atoms with Crippen LogP contribution in [0.3, 0.4) is 0 Å². The smallest absolute Gasteiger partial charge is 0.425 e. The summed E-state index contributed by atoms with van der Waals surface area (Å²) in [6.07, 6.45) is -7.21. The van der Waals surface area contributed by atoms with Crippen LogP contribution in [0.25, 0.3) is 0 Å². The Hall–Kier alpha value is -2.92. The number of fused-ring (bicyclic) bond motifs is 1. The van der Waals surface area contributed by atoms with Gasteiger partial charge in [0.05, 0.1) is 13.7 Å². The molecule has 0 spiro atoms. The fraction of sp³-hybridized carbons (Fsp3) is 0.435. The number of nitrogens with zero attached hydrogens (tertiary/aromatic N) is 1. The van der Waals surface area contributed by atoms with E-state index in [2.05, 4.69) is 0 Å². The van der Waals surface area contributed by atoms with E-state index in [1.807, 2.05) is 0 Å². The Kier molecular flexibility index (Phi) is 6.43. The van der Waals surface area contributed by atoms with Crippen LogP contribution in [-0.4, -0.2) is 56.2 Å². The highest BCUT2D eigenvalue weighted by Crippen LogP contribution is 2.44. The van der Waals surface area contributed by atoms with E-state index in [4.69, 9.17) is 18.9 Å². The van der Waals surface area contributed by atoms with Crippen LogP contribution in [0.2, 0.25) is 0 Å². The molecule has 3 atom stereocenters. The minimum atomic E-state index is -4.57. The first-order valence-corrected chi connectivity index (χ1v) is 10.5. The van der Waals surface area contributed by atoms with E-state index in [-0.39, 0.29) is 48.9 Å². The average Bonchev–Trinajstić information content (AvgIpc) is 3.23. The van der Waals surface area contributed by atoms with E-state index in [0.29, 0.717) is 0 Å². The molecule has 34 heavy (non-hydrogen) atoms. The molecule has 184 valence electrons. The Balaban J connectivity index is 1.53. The van der Waals surface area contributed by atoms with Crippen molar-refractivity contribution in [1.82, 2.24) is 4.90 Å². The number of amides is 1. The standard InChI is InChI=1S/C23H22F5NO5/c1-13(23(26,27)28)34-18-6-3-14(9-19(18)31-2)21(30)29-8-7-22(20(11-29)32-12-33-22)16-10-15(24)4-5-17(16)25/h3-6,9-10,13,20H,7-8,11-12H2,1-2H3/t13?,20-,22-/m1/s1. The van der Waals surface area contributed by atoms with Gasteiger partial charge in [0, 0.05) is 24.1 Å². The first kappa shape index (κ1) is 24.2. The summed E-state index contributed by atoms with van der Waals surface area (Å²) in [5.74, 6) is -1.87. The maximum Gasteiger partial charge on any atom is 0.425 e. The maximum absolute atomic E-state index is 14.5. The predicted octanol–water partition coefficient (Wildman–Crippen LogP) is 4.42. The molecule has 11 heteroatoms. The fourth-order valence-corrected chi connectivity index (χ4v) is 4.20. The van der Waals surface area contributed by atoms with Gasteiger partial charge in [-0.15, -0.1) is 0 Å². The fourth-order valence-electron chi connectivity index (χ4n) is 4.20. The number of ether oxygens (including phenoxy) is 4. The Morgan fingerprint density at radius 3 is 2.65 bits per heavy atom. The van der Waals surface area contributed by atoms with Crippen LogP contribution in [0.5, 0.6) is 11.5 Å². The van der Waals surface area contributed by atoms with Crippen LogP contribution in [0, 0.1) is 11.6 Å².